The van der Waals surface area contributed by atoms with Gasteiger partial charge in [-0.2, -0.15) is 0 Å². The summed E-state index contributed by atoms with van der Waals surface area (Å²) in [5.74, 6) is -0.329. The maximum Gasteiger partial charge on any atom is 0.235 e. The predicted molar refractivity (Wildman–Crippen MR) is 73.6 cm³/mol. The Labute approximate surface area is 117 Å². The smallest absolute Gasteiger partial charge is 0.235 e. The van der Waals surface area contributed by atoms with E-state index in [4.69, 9.17) is 0 Å². The summed E-state index contributed by atoms with van der Waals surface area (Å²) in [6.07, 6.45) is 4.27. The molecule has 1 saturated carbocycles. The molecule has 1 amide bonds. The van der Waals surface area contributed by atoms with Gasteiger partial charge in [-0.25, -0.2) is 4.39 Å². The van der Waals surface area contributed by atoms with Crippen LogP contribution in [0.4, 0.5) is 10.1 Å². The first-order chi connectivity index (χ1) is 9.12. The van der Waals surface area contributed by atoms with E-state index in [9.17, 15) is 9.18 Å². The molecule has 3 nitrogen and oxygen atoms in total. The van der Waals surface area contributed by atoms with Crippen molar-refractivity contribution in [1.29, 1.82) is 0 Å². The van der Waals surface area contributed by atoms with Gasteiger partial charge < -0.3 is 5.32 Å². The lowest BCUT2D eigenvalue weighted by Gasteiger charge is -2.36. The van der Waals surface area contributed by atoms with Crippen LogP contribution in [0.25, 0.3) is 10.9 Å². The quantitative estimate of drug-likeness (QED) is 0.807. The summed E-state index contributed by atoms with van der Waals surface area (Å²) < 4.78 is 14.7. The van der Waals surface area contributed by atoms with Crippen molar-refractivity contribution in [2.45, 2.75) is 24.7 Å². The van der Waals surface area contributed by atoms with Crippen LogP contribution in [0.3, 0.4) is 0 Å². The average Bonchev–Trinajstić information content (AvgIpc) is 2.60. The van der Waals surface area contributed by atoms with Crippen LogP contribution in [-0.2, 0) is 10.2 Å². The molecular weight excluding hydrogens is 311 g/mol. The van der Waals surface area contributed by atoms with Crippen LogP contribution >= 0.6 is 15.9 Å². The number of carbonyl (C=O) groups excluding carboxylic acids is 1. The molecule has 1 aliphatic heterocycles. The lowest BCUT2D eigenvalue weighted by Crippen LogP contribution is -2.41. The molecule has 1 spiro atoms. The molecule has 4 rings (SSSR count). The largest absolute Gasteiger partial charge is 0.324 e. The van der Waals surface area contributed by atoms with Gasteiger partial charge >= 0.3 is 0 Å². The monoisotopic (exact) mass is 320 g/mol. The zero-order valence-electron chi connectivity index (χ0n) is 9.96. The van der Waals surface area contributed by atoms with Crippen molar-refractivity contribution in [2.24, 2.45) is 0 Å². The first-order valence-electron chi connectivity index (χ1n) is 6.21. The number of anilines is 1. The number of nitrogens with one attached hydrogen (secondary N) is 1. The number of aromatic nitrogens is 1. The van der Waals surface area contributed by atoms with Crippen molar-refractivity contribution in [2.75, 3.05) is 5.32 Å². The van der Waals surface area contributed by atoms with Crippen molar-refractivity contribution in [3.05, 3.63) is 34.2 Å². The van der Waals surface area contributed by atoms with E-state index < -0.39 is 5.41 Å². The summed E-state index contributed by atoms with van der Waals surface area (Å²) in [5.41, 5.74) is 1.54. The normalized spacial score (nSPS) is 19.4. The van der Waals surface area contributed by atoms with Crippen molar-refractivity contribution in [1.82, 2.24) is 4.98 Å². The molecule has 1 fully saturated rings. The third kappa shape index (κ3) is 1.31. The molecule has 1 aromatic heterocycles. The highest BCUT2D eigenvalue weighted by Gasteiger charge is 2.52. The predicted octanol–water partition coefficient (Wildman–Crippen LogP) is 3.51. The molecule has 5 heteroatoms. The van der Waals surface area contributed by atoms with Gasteiger partial charge in [-0.1, -0.05) is 22.4 Å². The standard InChI is InChI=1S/C14H10BrFN2O/c15-7-4-8-11-10(6-17-12(8)9(16)5-7)18-13(19)14(11)2-1-3-14/h4-6H,1-3H2,(H,18,19). The third-order valence-electron chi connectivity index (χ3n) is 4.26. The number of rotatable bonds is 0. The number of hydrogen-bond donors (Lipinski definition) is 1. The second-order valence-electron chi connectivity index (χ2n) is 5.22. The summed E-state index contributed by atoms with van der Waals surface area (Å²) in [6, 6.07) is 3.25. The molecule has 0 atom stereocenters. The Kier molecular flexibility index (Phi) is 2.11. The summed E-state index contributed by atoms with van der Waals surface area (Å²) in [4.78, 5) is 16.3. The molecule has 1 N–H and O–H groups in total. The van der Waals surface area contributed by atoms with Gasteiger partial charge in [0.1, 0.15) is 5.52 Å². The zero-order valence-corrected chi connectivity index (χ0v) is 11.6. The van der Waals surface area contributed by atoms with Crippen LogP contribution in [0.15, 0.2) is 22.8 Å². The van der Waals surface area contributed by atoms with E-state index in [1.165, 1.54) is 6.07 Å². The molecule has 2 aromatic rings. The second kappa shape index (κ2) is 3.54. The number of benzene rings is 1. The summed E-state index contributed by atoms with van der Waals surface area (Å²) in [5, 5.41) is 3.62. The van der Waals surface area contributed by atoms with E-state index in [1.54, 1.807) is 6.20 Å². The number of carbonyl (C=O) groups is 1. The maximum atomic E-state index is 14.0. The zero-order chi connectivity index (χ0) is 13.2. The van der Waals surface area contributed by atoms with Crippen LogP contribution in [0.1, 0.15) is 24.8 Å². The van der Waals surface area contributed by atoms with Crippen molar-refractivity contribution >= 4 is 38.4 Å². The summed E-state index contributed by atoms with van der Waals surface area (Å²) >= 11 is 3.31. The first-order valence-corrected chi connectivity index (χ1v) is 7.01. The average molecular weight is 321 g/mol. The number of amides is 1. The highest BCUT2D eigenvalue weighted by atomic mass is 79.9. The van der Waals surface area contributed by atoms with E-state index in [0.29, 0.717) is 9.99 Å². The van der Waals surface area contributed by atoms with E-state index in [-0.39, 0.29) is 11.7 Å². The first kappa shape index (κ1) is 11.3. The Morgan fingerprint density at radius 2 is 2.16 bits per heavy atom. The van der Waals surface area contributed by atoms with Gasteiger partial charge in [-0.3, -0.25) is 9.78 Å². The Morgan fingerprint density at radius 3 is 2.84 bits per heavy atom. The fraction of sp³-hybridized carbons (Fsp3) is 0.286. The number of hydrogen-bond acceptors (Lipinski definition) is 2. The van der Waals surface area contributed by atoms with Gasteiger partial charge in [-0.05, 0) is 25.0 Å². The fourth-order valence-electron chi connectivity index (χ4n) is 3.20. The van der Waals surface area contributed by atoms with Crippen LogP contribution in [0, 0.1) is 5.82 Å². The highest BCUT2D eigenvalue weighted by molar-refractivity contribution is 9.10. The Hall–Kier alpha value is -1.49. The van der Waals surface area contributed by atoms with Gasteiger partial charge in [0.2, 0.25) is 5.91 Å². The Bertz CT molecular complexity index is 740. The van der Waals surface area contributed by atoms with Crippen LogP contribution in [0.5, 0.6) is 0 Å². The summed E-state index contributed by atoms with van der Waals surface area (Å²) in [7, 11) is 0. The molecular formula is C14H10BrFN2O. The minimum atomic E-state index is -0.455. The molecule has 1 aromatic carbocycles. The third-order valence-corrected chi connectivity index (χ3v) is 4.72. The van der Waals surface area contributed by atoms with Crippen molar-refractivity contribution in [3.8, 4) is 0 Å². The topological polar surface area (TPSA) is 42.0 Å². The van der Waals surface area contributed by atoms with Gasteiger partial charge in [0.05, 0.1) is 17.3 Å². The molecule has 19 heavy (non-hydrogen) atoms. The molecule has 0 bridgehead atoms. The molecule has 0 radical (unpaired) electrons. The number of nitrogens with zero attached hydrogens (tertiary/aromatic N) is 1. The number of fused-ring (bicyclic) bond motifs is 4. The number of halogens is 2. The Balaban J connectivity index is 2.13. The maximum absolute atomic E-state index is 14.0. The van der Waals surface area contributed by atoms with Gasteiger partial charge in [0.25, 0.3) is 0 Å². The SMILES string of the molecule is O=C1Nc2cnc3c(F)cc(Br)cc3c2C12CCC2. The second-order valence-corrected chi connectivity index (χ2v) is 6.14. The van der Waals surface area contributed by atoms with E-state index in [1.807, 2.05) is 6.07 Å². The lowest BCUT2D eigenvalue weighted by molar-refractivity contribution is -0.123. The minimum Gasteiger partial charge on any atom is -0.324 e. The van der Waals surface area contributed by atoms with E-state index in [0.717, 1.165) is 35.9 Å². The van der Waals surface area contributed by atoms with E-state index >= 15 is 0 Å². The number of pyridine rings is 1. The molecule has 0 unspecified atom stereocenters. The van der Waals surface area contributed by atoms with Crippen LogP contribution in [-0.4, -0.2) is 10.9 Å². The summed E-state index contributed by atoms with van der Waals surface area (Å²) in [6.45, 7) is 0. The lowest BCUT2D eigenvalue weighted by atomic mass is 9.64. The van der Waals surface area contributed by atoms with Gasteiger partial charge in [-0.15, -0.1) is 0 Å². The fourth-order valence-corrected chi connectivity index (χ4v) is 3.63. The van der Waals surface area contributed by atoms with Gasteiger partial charge in [0.15, 0.2) is 5.82 Å². The van der Waals surface area contributed by atoms with Gasteiger partial charge in [0, 0.05) is 15.4 Å². The molecule has 0 saturated heterocycles. The molecule has 2 aliphatic rings. The minimum absolute atomic E-state index is 0.0310. The van der Waals surface area contributed by atoms with Crippen LogP contribution in [0.2, 0.25) is 0 Å². The van der Waals surface area contributed by atoms with Crippen LogP contribution < -0.4 is 5.32 Å². The Morgan fingerprint density at radius 1 is 1.37 bits per heavy atom. The molecule has 2 heterocycles. The highest BCUT2D eigenvalue weighted by Crippen LogP contribution is 2.53. The van der Waals surface area contributed by atoms with Crippen molar-refractivity contribution in [3.63, 3.8) is 0 Å². The molecule has 96 valence electrons. The van der Waals surface area contributed by atoms with E-state index in [2.05, 4.69) is 26.2 Å². The molecule has 1 aliphatic carbocycles. The van der Waals surface area contributed by atoms with Crippen molar-refractivity contribution < 1.29 is 9.18 Å².